The molecule has 1 aliphatic heterocycles. The van der Waals surface area contributed by atoms with Gasteiger partial charge < -0.3 is 19.4 Å². The summed E-state index contributed by atoms with van der Waals surface area (Å²) in [6, 6.07) is 20.6. The highest BCUT2D eigenvalue weighted by Gasteiger charge is 2.29. The largest absolute Gasteiger partial charge is 0.459 e. The molecule has 1 fully saturated rings. The highest BCUT2D eigenvalue weighted by molar-refractivity contribution is 5.92. The molecule has 30 heavy (non-hydrogen) atoms. The van der Waals surface area contributed by atoms with Crippen LogP contribution < -0.4 is 10.1 Å². The zero-order valence-electron chi connectivity index (χ0n) is 16.6. The van der Waals surface area contributed by atoms with Gasteiger partial charge in [0.2, 0.25) is 5.91 Å². The summed E-state index contributed by atoms with van der Waals surface area (Å²) in [5.41, 5.74) is 0.955. The van der Waals surface area contributed by atoms with Gasteiger partial charge in [0.1, 0.15) is 11.5 Å². The Balaban J connectivity index is 1.32. The lowest BCUT2D eigenvalue weighted by Crippen LogP contribution is -2.45. The van der Waals surface area contributed by atoms with Gasteiger partial charge in [-0.3, -0.25) is 9.59 Å². The summed E-state index contributed by atoms with van der Waals surface area (Å²) in [7, 11) is 0. The molecule has 0 bridgehead atoms. The van der Waals surface area contributed by atoms with Crippen molar-refractivity contribution >= 4 is 11.8 Å². The number of amides is 2. The summed E-state index contributed by atoms with van der Waals surface area (Å²) < 4.78 is 11.1. The fourth-order valence-electron chi connectivity index (χ4n) is 3.61. The molecule has 0 spiro atoms. The summed E-state index contributed by atoms with van der Waals surface area (Å²) in [5.74, 6) is 1.38. The minimum atomic E-state index is -0.221. The zero-order valence-corrected chi connectivity index (χ0v) is 16.6. The van der Waals surface area contributed by atoms with Crippen LogP contribution in [0.3, 0.4) is 0 Å². The number of ether oxygens (including phenoxy) is 1. The van der Waals surface area contributed by atoms with Crippen LogP contribution in [0.15, 0.2) is 77.4 Å². The summed E-state index contributed by atoms with van der Waals surface area (Å²) in [6.07, 6.45) is 3.05. The van der Waals surface area contributed by atoms with Crippen LogP contribution in [-0.4, -0.2) is 29.8 Å². The predicted octanol–water partition coefficient (Wildman–Crippen LogP) is 4.24. The molecule has 2 heterocycles. The van der Waals surface area contributed by atoms with E-state index >= 15 is 0 Å². The molecule has 1 atom stereocenters. The fraction of sp³-hybridized carbons (Fsp3) is 0.250. The van der Waals surface area contributed by atoms with Gasteiger partial charge >= 0.3 is 0 Å². The molecule has 0 saturated carbocycles. The van der Waals surface area contributed by atoms with E-state index in [-0.39, 0.29) is 17.7 Å². The first-order valence-electron chi connectivity index (χ1n) is 10.1. The van der Waals surface area contributed by atoms with E-state index in [4.69, 9.17) is 9.15 Å². The first-order chi connectivity index (χ1) is 14.7. The SMILES string of the molecule is O=C(NCc1cccc(Oc2ccccc2)c1)C1CCCN(C(=O)c2ccco2)C1. The zero-order chi connectivity index (χ0) is 20.8. The van der Waals surface area contributed by atoms with Gasteiger partial charge in [-0.25, -0.2) is 0 Å². The van der Waals surface area contributed by atoms with E-state index in [1.54, 1.807) is 17.0 Å². The van der Waals surface area contributed by atoms with Crippen LogP contribution in [0.5, 0.6) is 11.5 Å². The van der Waals surface area contributed by atoms with E-state index in [0.29, 0.717) is 25.4 Å². The van der Waals surface area contributed by atoms with E-state index in [2.05, 4.69) is 5.32 Å². The van der Waals surface area contributed by atoms with Crippen LogP contribution >= 0.6 is 0 Å². The van der Waals surface area contributed by atoms with Crippen molar-refractivity contribution in [3.8, 4) is 11.5 Å². The third-order valence-corrected chi connectivity index (χ3v) is 5.16. The molecule has 154 valence electrons. The number of hydrogen-bond acceptors (Lipinski definition) is 4. The Labute approximate surface area is 175 Å². The molecule has 6 nitrogen and oxygen atoms in total. The Morgan fingerprint density at radius 2 is 1.87 bits per heavy atom. The predicted molar refractivity (Wildman–Crippen MR) is 112 cm³/mol. The number of carbonyl (C=O) groups is 2. The highest BCUT2D eigenvalue weighted by atomic mass is 16.5. The second-order valence-electron chi connectivity index (χ2n) is 7.35. The molecule has 0 radical (unpaired) electrons. The molecule has 2 amide bonds. The number of para-hydroxylation sites is 1. The van der Waals surface area contributed by atoms with Crippen molar-refractivity contribution in [3.05, 3.63) is 84.3 Å². The molecule has 1 aliphatic rings. The summed E-state index contributed by atoms with van der Waals surface area (Å²) in [4.78, 5) is 26.9. The maximum atomic E-state index is 12.7. The molecule has 1 aromatic heterocycles. The third-order valence-electron chi connectivity index (χ3n) is 5.16. The van der Waals surface area contributed by atoms with E-state index in [1.165, 1.54) is 6.26 Å². The number of furan rings is 1. The van der Waals surface area contributed by atoms with Gasteiger partial charge in [-0.15, -0.1) is 0 Å². The maximum Gasteiger partial charge on any atom is 0.289 e. The average Bonchev–Trinajstić information content (AvgIpc) is 3.33. The molecule has 4 rings (SSSR count). The van der Waals surface area contributed by atoms with Gasteiger partial charge in [-0.05, 0) is 54.8 Å². The Kier molecular flexibility index (Phi) is 6.13. The maximum absolute atomic E-state index is 12.7. The standard InChI is InChI=1S/C24H24N2O4/c27-23(19-8-5-13-26(17-19)24(28)22-12-6-14-29-22)25-16-18-7-4-11-21(15-18)30-20-9-2-1-3-10-20/h1-4,6-7,9-12,14-15,19H,5,8,13,16-17H2,(H,25,27). The van der Waals surface area contributed by atoms with Crippen LogP contribution in [0.4, 0.5) is 0 Å². The van der Waals surface area contributed by atoms with E-state index in [9.17, 15) is 9.59 Å². The highest BCUT2D eigenvalue weighted by Crippen LogP contribution is 2.22. The number of rotatable bonds is 6. The Hall–Kier alpha value is -3.54. The van der Waals surface area contributed by atoms with Gasteiger partial charge in [0.25, 0.3) is 5.91 Å². The Morgan fingerprint density at radius 1 is 1.03 bits per heavy atom. The molecule has 2 aromatic carbocycles. The van der Waals surface area contributed by atoms with Crippen molar-refractivity contribution in [2.24, 2.45) is 5.92 Å². The lowest BCUT2D eigenvalue weighted by molar-refractivity contribution is -0.126. The van der Waals surface area contributed by atoms with Crippen molar-refractivity contribution < 1.29 is 18.7 Å². The van der Waals surface area contributed by atoms with Crippen LogP contribution in [0.25, 0.3) is 0 Å². The number of nitrogens with zero attached hydrogens (tertiary/aromatic N) is 1. The van der Waals surface area contributed by atoms with Crippen LogP contribution in [0, 0.1) is 5.92 Å². The van der Waals surface area contributed by atoms with Crippen LogP contribution in [0.1, 0.15) is 29.0 Å². The van der Waals surface area contributed by atoms with Gasteiger partial charge in [0.15, 0.2) is 5.76 Å². The monoisotopic (exact) mass is 404 g/mol. The second kappa shape index (κ2) is 9.31. The van der Waals surface area contributed by atoms with E-state index < -0.39 is 0 Å². The molecule has 1 unspecified atom stereocenters. The topological polar surface area (TPSA) is 71.8 Å². The smallest absolute Gasteiger partial charge is 0.289 e. The second-order valence-corrected chi connectivity index (χ2v) is 7.35. The third kappa shape index (κ3) is 4.89. The molecule has 1 saturated heterocycles. The first kappa shape index (κ1) is 19.8. The van der Waals surface area contributed by atoms with E-state index in [0.717, 1.165) is 29.9 Å². The number of nitrogens with one attached hydrogen (secondary N) is 1. The average molecular weight is 404 g/mol. The van der Waals surface area contributed by atoms with Crippen molar-refractivity contribution in [2.45, 2.75) is 19.4 Å². The summed E-state index contributed by atoms with van der Waals surface area (Å²) >= 11 is 0. The molecule has 1 N–H and O–H groups in total. The number of piperidine rings is 1. The van der Waals surface area contributed by atoms with Gasteiger partial charge in [-0.1, -0.05) is 30.3 Å². The quantitative estimate of drug-likeness (QED) is 0.667. The molecule has 6 heteroatoms. The normalized spacial score (nSPS) is 16.1. The number of benzene rings is 2. The van der Waals surface area contributed by atoms with Crippen molar-refractivity contribution in [2.75, 3.05) is 13.1 Å². The number of carbonyl (C=O) groups excluding carboxylic acids is 2. The first-order valence-corrected chi connectivity index (χ1v) is 10.1. The molecular weight excluding hydrogens is 380 g/mol. The minimum Gasteiger partial charge on any atom is -0.459 e. The Bertz CT molecular complexity index is 985. The summed E-state index contributed by atoms with van der Waals surface area (Å²) in [6.45, 7) is 1.46. The van der Waals surface area contributed by atoms with Crippen molar-refractivity contribution in [3.63, 3.8) is 0 Å². The molecule has 0 aliphatic carbocycles. The molecule has 3 aromatic rings. The fourth-order valence-corrected chi connectivity index (χ4v) is 3.61. The Morgan fingerprint density at radius 3 is 2.67 bits per heavy atom. The van der Waals surface area contributed by atoms with Gasteiger partial charge in [0.05, 0.1) is 12.2 Å². The lowest BCUT2D eigenvalue weighted by atomic mass is 9.96. The lowest BCUT2D eigenvalue weighted by Gasteiger charge is -2.31. The number of hydrogen-bond donors (Lipinski definition) is 1. The van der Waals surface area contributed by atoms with Crippen LogP contribution in [-0.2, 0) is 11.3 Å². The van der Waals surface area contributed by atoms with Gasteiger partial charge in [0, 0.05) is 19.6 Å². The van der Waals surface area contributed by atoms with Crippen LogP contribution in [0.2, 0.25) is 0 Å². The minimum absolute atomic E-state index is 0.0404. The molecular formula is C24H24N2O4. The van der Waals surface area contributed by atoms with Crippen molar-refractivity contribution in [1.82, 2.24) is 10.2 Å². The van der Waals surface area contributed by atoms with E-state index in [1.807, 2.05) is 54.6 Å². The summed E-state index contributed by atoms with van der Waals surface area (Å²) in [5, 5.41) is 3.00. The van der Waals surface area contributed by atoms with Crippen molar-refractivity contribution in [1.29, 1.82) is 0 Å². The van der Waals surface area contributed by atoms with Gasteiger partial charge in [-0.2, -0.15) is 0 Å². The number of likely N-dealkylation sites (tertiary alicyclic amines) is 1.